The van der Waals surface area contributed by atoms with Crippen molar-refractivity contribution in [3.63, 3.8) is 0 Å². The largest absolute Gasteiger partial charge is 0.398 e. The topological polar surface area (TPSA) is 46.2 Å². The summed E-state index contributed by atoms with van der Waals surface area (Å²) in [5, 5.41) is 10.1. The lowest BCUT2D eigenvalue weighted by molar-refractivity contribution is -0.136. The van der Waals surface area contributed by atoms with Crippen LogP contribution in [0.3, 0.4) is 0 Å². The second-order valence-electron chi connectivity index (χ2n) is 3.80. The molecule has 3 N–H and O–H groups in total. The van der Waals surface area contributed by atoms with Crippen molar-refractivity contribution in [3.05, 3.63) is 28.8 Å². The zero-order valence-corrected chi connectivity index (χ0v) is 9.72. The number of nitrogens with two attached hydrogens (primary N) is 1. The van der Waals surface area contributed by atoms with E-state index in [9.17, 15) is 18.3 Å². The Kier molecular flexibility index (Phi) is 4.65. The van der Waals surface area contributed by atoms with Crippen molar-refractivity contribution < 1.29 is 18.3 Å². The first-order valence-corrected chi connectivity index (χ1v) is 5.47. The van der Waals surface area contributed by atoms with Gasteiger partial charge in [0.1, 0.15) is 0 Å². The number of benzene rings is 1. The molecule has 1 rings (SSSR count). The fourth-order valence-electron chi connectivity index (χ4n) is 1.50. The molecule has 17 heavy (non-hydrogen) atoms. The Balaban J connectivity index is 2.55. The van der Waals surface area contributed by atoms with Crippen LogP contribution < -0.4 is 5.73 Å². The minimum Gasteiger partial charge on any atom is -0.398 e. The summed E-state index contributed by atoms with van der Waals surface area (Å²) in [4.78, 5) is 0. The van der Waals surface area contributed by atoms with E-state index in [0.717, 1.165) is 0 Å². The quantitative estimate of drug-likeness (QED) is 0.818. The number of nitrogen functional groups attached to an aromatic ring is 1. The van der Waals surface area contributed by atoms with Crippen LogP contribution in [0.25, 0.3) is 0 Å². The summed E-state index contributed by atoms with van der Waals surface area (Å²) in [5.41, 5.74) is 6.32. The van der Waals surface area contributed by atoms with Crippen molar-refractivity contribution >= 4 is 17.3 Å². The van der Waals surface area contributed by atoms with Gasteiger partial charge in [0, 0.05) is 22.7 Å². The van der Waals surface area contributed by atoms with Gasteiger partial charge in [-0.2, -0.15) is 13.2 Å². The van der Waals surface area contributed by atoms with E-state index >= 15 is 0 Å². The lowest BCUT2D eigenvalue weighted by atomic mass is 10.0. The number of aliphatic hydroxyl groups excluding tert-OH is 1. The van der Waals surface area contributed by atoms with Crippen molar-refractivity contribution in [2.45, 2.75) is 31.5 Å². The maximum absolute atomic E-state index is 11.9. The minimum absolute atomic E-state index is 0.0192. The van der Waals surface area contributed by atoms with Gasteiger partial charge in [0.15, 0.2) is 0 Å². The van der Waals surface area contributed by atoms with Crippen LogP contribution in [0.1, 0.15) is 30.9 Å². The molecule has 0 spiro atoms. The first kappa shape index (κ1) is 14.1. The van der Waals surface area contributed by atoms with Crippen LogP contribution >= 0.6 is 11.6 Å². The number of alkyl halides is 3. The van der Waals surface area contributed by atoms with Gasteiger partial charge in [-0.15, -0.1) is 0 Å². The maximum atomic E-state index is 11.9. The van der Waals surface area contributed by atoms with E-state index in [1.54, 1.807) is 6.07 Å². The van der Waals surface area contributed by atoms with Crippen molar-refractivity contribution in [2.75, 3.05) is 5.73 Å². The van der Waals surface area contributed by atoms with Gasteiger partial charge in [0.2, 0.25) is 0 Å². The van der Waals surface area contributed by atoms with E-state index in [-0.39, 0.29) is 18.5 Å². The SMILES string of the molecule is Nc1cc(Cl)ccc1C(O)CCCC(F)(F)F. The van der Waals surface area contributed by atoms with Crippen LogP contribution in [0.4, 0.5) is 18.9 Å². The Bertz CT molecular complexity index is 381. The molecule has 0 bridgehead atoms. The molecule has 0 aliphatic heterocycles. The first-order valence-electron chi connectivity index (χ1n) is 5.09. The van der Waals surface area contributed by atoms with Gasteiger partial charge < -0.3 is 10.8 Å². The number of hydrogen-bond donors (Lipinski definition) is 2. The summed E-state index contributed by atoms with van der Waals surface area (Å²) in [5.74, 6) is 0. The second-order valence-corrected chi connectivity index (χ2v) is 4.23. The Morgan fingerprint density at radius 3 is 2.53 bits per heavy atom. The molecule has 96 valence electrons. The zero-order chi connectivity index (χ0) is 13.1. The Labute approximate surface area is 102 Å². The average molecular weight is 268 g/mol. The highest BCUT2D eigenvalue weighted by Crippen LogP contribution is 2.29. The lowest BCUT2D eigenvalue weighted by Crippen LogP contribution is -2.08. The van der Waals surface area contributed by atoms with Gasteiger partial charge in [-0.3, -0.25) is 0 Å². The third-order valence-electron chi connectivity index (χ3n) is 2.35. The predicted octanol–water partition coefficient (Wildman–Crippen LogP) is 3.69. The standard InChI is InChI=1S/C11H13ClF3NO/c12-7-3-4-8(9(16)6-7)10(17)2-1-5-11(13,14)15/h3-4,6,10,17H,1-2,5,16H2. The molecule has 1 aromatic rings. The zero-order valence-electron chi connectivity index (χ0n) is 8.97. The van der Waals surface area contributed by atoms with Crippen LogP contribution in [0.2, 0.25) is 5.02 Å². The summed E-state index contributed by atoms with van der Waals surface area (Å²) in [6.07, 6.45) is -6.20. The molecular weight excluding hydrogens is 255 g/mol. The van der Waals surface area contributed by atoms with Crippen LogP contribution in [-0.2, 0) is 0 Å². The molecule has 0 saturated heterocycles. The van der Waals surface area contributed by atoms with E-state index in [2.05, 4.69) is 0 Å². The van der Waals surface area contributed by atoms with Gasteiger partial charge in [0.05, 0.1) is 6.10 Å². The lowest BCUT2D eigenvalue weighted by Gasteiger charge is -2.14. The van der Waals surface area contributed by atoms with Gasteiger partial charge >= 0.3 is 6.18 Å². The average Bonchev–Trinajstić information content (AvgIpc) is 2.15. The summed E-state index contributed by atoms with van der Waals surface area (Å²) < 4.78 is 35.8. The van der Waals surface area contributed by atoms with Crippen LogP contribution in [0.5, 0.6) is 0 Å². The van der Waals surface area contributed by atoms with E-state index in [4.69, 9.17) is 17.3 Å². The third-order valence-corrected chi connectivity index (χ3v) is 2.58. The van der Waals surface area contributed by atoms with Crippen molar-refractivity contribution in [1.29, 1.82) is 0 Å². The highest BCUT2D eigenvalue weighted by Gasteiger charge is 2.26. The van der Waals surface area contributed by atoms with E-state index < -0.39 is 18.7 Å². The molecule has 1 atom stereocenters. The molecule has 6 heteroatoms. The second kappa shape index (κ2) is 5.60. The molecule has 0 aliphatic carbocycles. The molecule has 0 aromatic heterocycles. The fourth-order valence-corrected chi connectivity index (χ4v) is 1.68. The summed E-state index contributed by atoms with van der Waals surface area (Å²) in [6, 6.07) is 4.53. The Hall–Kier alpha value is -0.940. The predicted molar refractivity (Wildman–Crippen MR) is 60.7 cm³/mol. The van der Waals surface area contributed by atoms with Crippen molar-refractivity contribution in [1.82, 2.24) is 0 Å². The van der Waals surface area contributed by atoms with Crippen LogP contribution in [0, 0.1) is 0 Å². The molecule has 0 aliphatic rings. The Morgan fingerprint density at radius 2 is 2.00 bits per heavy atom. The number of rotatable bonds is 4. The monoisotopic (exact) mass is 267 g/mol. The molecule has 1 unspecified atom stereocenters. The molecule has 0 radical (unpaired) electrons. The summed E-state index contributed by atoms with van der Waals surface area (Å²) in [7, 11) is 0. The van der Waals surface area contributed by atoms with Crippen LogP contribution in [0.15, 0.2) is 18.2 Å². The highest BCUT2D eigenvalue weighted by atomic mass is 35.5. The van der Waals surface area contributed by atoms with Gasteiger partial charge in [0.25, 0.3) is 0 Å². The first-order chi connectivity index (χ1) is 7.79. The number of hydrogen-bond acceptors (Lipinski definition) is 2. The smallest absolute Gasteiger partial charge is 0.389 e. The highest BCUT2D eigenvalue weighted by molar-refractivity contribution is 6.30. The van der Waals surface area contributed by atoms with Crippen molar-refractivity contribution in [3.8, 4) is 0 Å². The molecule has 0 fully saturated rings. The summed E-state index contributed by atoms with van der Waals surface area (Å²) in [6.45, 7) is 0. The van der Waals surface area contributed by atoms with Gasteiger partial charge in [-0.25, -0.2) is 0 Å². The molecule has 1 aromatic carbocycles. The fraction of sp³-hybridized carbons (Fsp3) is 0.455. The molecule has 0 heterocycles. The van der Waals surface area contributed by atoms with Crippen molar-refractivity contribution in [2.24, 2.45) is 0 Å². The van der Waals surface area contributed by atoms with Gasteiger partial charge in [-0.05, 0) is 25.0 Å². The molecule has 2 nitrogen and oxygen atoms in total. The number of halogens is 4. The molecular formula is C11H13ClF3NO. The van der Waals surface area contributed by atoms with E-state index in [1.165, 1.54) is 12.1 Å². The van der Waals surface area contributed by atoms with Gasteiger partial charge in [-0.1, -0.05) is 17.7 Å². The maximum Gasteiger partial charge on any atom is 0.389 e. The summed E-state index contributed by atoms with van der Waals surface area (Å²) >= 11 is 5.68. The molecule has 0 saturated carbocycles. The van der Waals surface area contributed by atoms with Crippen LogP contribution in [-0.4, -0.2) is 11.3 Å². The van der Waals surface area contributed by atoms with E-state index in [0.29, 0.717) is 10.6 Å². The minimum atomic E-state index is -4.19. The third kappa shape index (κ3) is 4.83. The normalized spacial score (nSPS) is 13.7. The Morgan fingerprint density at radius 1 is 1.35 bits per heavy atom. The number of aliphatic hydroxyl groups is 1. The number of anilines is 1. The molecule has 0 amide bonds. The van der Waals surface area contributed by atoms with E-state index in [1.807, 2.05) is 0 Å².